The number of anilines is 2. The number of hydrogen-bond acceptors (Lipinski definition) is 4. The molecule has 1 aromatic carbocycles. The van der Waals surface area contributed by atoms with Crippen LogP contribution in [0.5, 0.6) is 0 Å². The average molecular weight is 380 g/mol. The van der Waals surface area contributed by atoms with E-state index >= 15 is 0 Å². The molecule has 25 heavy (non-hydrogen) atoms. The van der Waals surface area contributed by atoms with E-state index in [0.29, 0.717) is 11.1 Å². The topological polar surface area (TPSA) is 58.2 Å². The normalized spacial score (nSPS) is 18.6. The van der Waals surface area contributed by atoms with Gasteiger partial charge in [-0.2, -0.15) is 0 Å². The molecule has 2 N–H and O–H groups in total. The molecule has 3 rings (SSSR count). The minimum absolute atomic E-state index is 0. The second-order valence-corrected chi connectivity index (χ2v) is 5.20. The van der Waals surface area contributed by atoms with Crippen molar-refractivity contribution in [3.05, 3.63) is 96.4 Å². The maximum Gasteiger partial charge on any atom is 0.187 e. The standard InChI is InChI=1S/C20H16N2O2.Cu/c23-19-11-5-1-7-15(19)13-21-17-9-3-4-10-18(17)22-14-16-8-2-6-12-20(16)24;/h1-14,21-22H;. The van der Waals surface area contributed by atoms with Gasteiger partial charge in [0.1, 0.15) is 0 Å². The predicted molar refractivity (Wildman–Crippen MR) is 96.4 cm³/mol. The first-order valence-corrected chi connectivity index (χ1v) is 7.54. The van der Waals surface area contributed by atoms with Crippen LogP contribution in [-0.4, -0.2) is 11.6 Å². The van der Waals surface area contributed by atoms with Gasteiger partial charge in [-0.3, -0.25) is 9.59 Å². The number of allylic oxidation sites excluding steroid dienone is 10. The van der Waals surface area contributed by atoms with Gasteiger partial charge in [-0.1, -0.05) is 36.4 Å². The van der Waals surface area contributed by atoms with E-state index in [1.165, 1.54) is 12.2 Å². The maximum atomic E-state index is 11.7. The Morgan fingerprint density at radius 3 is 1.44 bits per heavy atom. The summed E-state index contributed by atoms with van der Waals surface area (Å²) in [4.78, 5) is 23.5. The van der Waals surface area contributed by atoms with Gasteiger partial charge in [0.2, 0.25) is 0 Å². The third-order valence-electron chi connectivity index (χ3n) is 3.53. The van der Waals surface area contributed by atoms with E-state index in [0.717, 1.165) is 11.4 Å². The number of benzene rings is 1. The van der Waals surface area contributed by atoms with Crippen LogP contribution in [0.1, 0.15) is 0 Å². The molecule has 4 nitrogen and oxygen atoms in total. The third-order valence-corrected chi connectivity index (χ3v) is 3.53. The monoisotopic (exact) mass is 379 g/mol. The second-order valence-electron chi connectivity index (χ2n) is 5.20. The molecule has 0 saturated carbocycles. The second kappa shape index (κ2) is 8.83. The quantitative estimate of drug-likeness (QED) is 0.619. The molecule has 0 saturated heterocycles. The SMILES string of the molecule is O=C1C=CC=CC1=CNc1ccccc1NC=C1C=CC=CC1=O.[Cu]. The zero-order valence-corrected chi connectivity index (χ0v) is 14.1. The first-order chi connectivity index (χ1) is 11.7. The average Bonchev–Trinajstić information content (AvgIpc) is 2.61. The van der Waals surface area contributed by atoms with E-state index in [2.05, 4.69) is 10.6 Å². The fraction of sp³-hybridized carbons (Fsp3) is 0. The number of carbonyl (C=O) groups excluding carboxylic acids is 2. The first-order valence-electron chi connectivity index (χ1n) is 7.54. The van der Waals surface area contributed by atoms with E-state index in [-0.39, 0.29) is 28.6 Å². The number of nitrogens with one attached hydrogen (secondary N) is 2. The molecule has 2 aliphatic carbocycles. The molecule has 2 aliphatic rings. The molecular weight excluding hydrogens is 364 g/mol. The molecule has 0 aromatic heterocycles. The summed E-state index contributed by atoms with van der Waals surface area (Å²) >= 11 is 0. The van der Waals surface area contributed by atoms with E-state index < -0.39 is 0 Å². The Hall–Kier alpha value is -2.88. The predicted octanol–water partition coefficient (Wildman–Crippen LogP) is 3.67. The zero-order chi connectivity index (χ0) is 16.8. The van der Waals surface area contributed by atoms with Crippen LogP contribution < -0.4 is 10.6 Å². The van der Waals surface area contributed by atoms with Gasteiger partial charge < -0.3 is 10.6 Å². The Labute approximate surface area is 156 Å². The largest absolute Gasteiger partial charge is 0.359 e. The summed E-state index contributed by atoms with van der Waals surface area (Å²) in [6.45, 7) is 0. The minimum Gasteiger partial charge on any atom is -0.359 e. The summed E-state index contributed by atoms with van der Waals surface area (Å²) in [7, 11) is 0. The van der Waals surface area contributed by atoms with Crippen LogP contribution in [0.25, 0.3) is 0 Å². The van der Waals surface area contributed by atoms with Gasteiger partial charge in [0.25, 0.3) is 0 Å². The summed E-state index contributed by atoms with van der Waals surface area (Å²) in [5, 5.41) is 6.27. The van der Waals surface area contributed by atoms with Crippen molar-refractivity contribution in [3.63, 3.8) is 0 Å². The van der Waals surface area contributed by atoms with Gasteiger partial charge in [-0.25, -0.2) is 0 Å². The van der Waals surface area contributed by atoms with Crippen LogP contribution in [0.3, 0.4) is 0 Å². The Bertz CT molecular complexity index is 787. The van der Waals surface area contributed by atoms with Crippen molar-refractivity contribution in [2.24, 2.45) is 0 Å². The van der Waals surface area contributed by atoms with Crippen molar-refractivity contribution in [1.29, 1.82) is 0 Å². The molecule has 0 heterocycles. The van der Waals surface area contributed by atoms with Gasteiger partial charge in [-0.15, -0.1) is 0 Å². The molecule has 129 valence electrons. The number of hydrogen-bond donors (Lipinski definition) is 2. The van der Waals surface area contributed by atoms with Gasteiger partial charge in [0, 0.05) is 40.6 Å². The Balaban J connectivity index is 0.00000225. The molecule has 0 spiro atoms. The first kappa shape index (κ1) is 18.5. The number of ketones is 2. The fourth-order valence-corrected chi connectivity index (χ4v) is 2.25. The Kier molecular flexibility index (Phi) is 6.52. The Morgan fingerprint density at radius 2 is 1.04 bits per heavy atom. The minimum atomic E-state index is -0.0396. The van der Waals surface area contributed by atoms with Crippen molar-refractivity contribution >= 4 is 22.9 Å². The number of rotatable bonds is 4. The van der Waals surface area contributed by atoms with Crippen LogP contribution in [0.2, 0.25) is 0 Å². The Morgan fingerprint density at radius 1 is 0.640 bits per heavy atom. The molecule has 0 bridgehead atoms. The maximum absolute atomic E-state index is 11.7. The molecule has 0 fully saturated rings. The van der Waals surface area contributed by atoms with E-state index in [1.54, 1.807) is 36.7 Å². The smallest absolute Gasteiger partial charge is 0.187 e. The summed E-state index contributed by atoms with van der Waals surface area (Å²) in [6.07, 6.45) is 17.0. The number of carbonyl (C=O) groups is 2. The van der Waals surface area contributed by atoms with Crippen LogP contribution in [0, 0.1) is 0 Å². The van der Waals surface area contributed by atoms with Crippen molar-refractivity contribution in [2.75, 3.05) is 10.6 Å². The summed E-state index contributed by atoms with van der Waals surface area (Å²) in [5.41, 5.74) is 2.78. The van der Waals surface area contributed by atoms with Crippen molar-refractivity contribution in [3.8, 4) is 0 Å². The van der Waals surface area contributed by atoms with Crippen molar-refractivity contribution < 1.29 is 26.7 Å². The van der Waals surface area contributed by atoms with Crippen LogP contribution in [-0.2, 0) is 26.7 Å². The van der Waals surface area contributed by atoms with E-state index in [4.69, 9.17) is 0 Å². The van der Waals surface area contributed by atoms with Crippen LogP contribution in [0.4, 0.5) is 11.4 Å². The van der Waals surface area contributed by atoms with Gasteiger partial charge in [-0.05, 0) is 36.4 Å². The van der Waals surface area contributed by atoms with Crippen LogP contribution in [0.15, 0.2) is 96.4 Å². The van der Waals surface area contributed by atoms with Crippen LogP contribution >= 0.6 is 0 Å². The molecule has 0 atom stereocenters. The summed E-state index contributed by atoms with van der Waals surface area (Å²) in [6, 6.07) is 7.57. The summed E-state index contributed by atoms with van der Waals surface area (Å²) in [5.74, 6) is -0.0791. The third kappa shape index (κ3) is 4.80. The fourth-order valence-electron chi connectivity index (χ4n) is 2.25. The van der Waals surface area contributed by atoms with Gasteiger partial charge in [0.15, 0.2) is 11.6 Å². The zero-order valence-electron chi connectivity index (χ0n) is 13.2. The molecule has 0 aliphatic heterocycles. The van der Waals surface area contributed by atoms with Gasteiger partial charge in [0.05, 0.1) is 11.4 Å². The molecule has 1 radical (unpaired) electrons. The summed E-state index contributed by atoms with van der Waals surface area (Å²) < 4.78 is 0. The van der Waals surface area contributed by atoms with Crippen molar-refractivity contribution in [2.45, 2.75) is 0 Å². The molecule has 0 unspecified atom stereocenters. The van der Waals surface area contributed by atoms with Gasteiger partial charge >= 0.3 is 0 Å². The van der Waals surface area contributed by atoms with E-state index in [1.807, 2.05) is 36.4 Å². The van der Waals surface area contributed by atoms with E-state index in [9.17, 15) is 9.59 Å². The van der Waals surface area contributed by atoms with Crippen molar-refractivity contribution in [1.82, 2.24) is 0 Å². The molecule has 0 amide bonds. The molecule has 5 heteroatoms. The number of para-hydroxylation sites is 2. The molecular formula is C20H16CuN2O2. The molecule has 1 aromatic rings.